The predicted octanol–water partition coefficient (Wildman–Crippen LogP) is 3.26. The molecule has 1 aromatic heterocycles. The van der Waals surface area contributed by atoms with Gasteiger partial charge in [-0.25, -0.2) is 4.39 Å². The molecule has 2 N–H and O–H groups in total. The summed E-state index contributed by atoms with van der Waals surface area (Å²) in [6.07, 6.45) is 0. The molecule has 1 heterocycles. The quantitative estimate of drug-likeness (QED) is 0.710. The number of furan rings is 1. The molecule has 0 radical (unpaired) electrons. The largest absolute Gasteiger partial charge is 0.451 e. The molecule has 0 unspecified atom stereocenters. The lowest BCUT2D eigenvalue weighted by molar-refractivity contribution is 0.0831. The number of carbonyl (C=O) groups is 2. The first-order valence-electron chi connectivity index (χ1n) is 7.32. The number of halogens is 1. The van der Waals surface area contributed by atoms with Crippen LogP contribution in [0.25, 0.3) is 11.0 Å². The molecule has 0 aliphatic carbocycles. The number of nitrogens with one attached hydrogen (secondary N) is 2. The molecule has 6 heteroatoms. The SMILES string of the molecule is Cc1ccc(C(=O)NNC(=O)c2oc3ccccc3c2C)cc1F. The summed E-state index contributed by atoms with van der Waals surface area (Å²) in [6, 6.07) is 11.3. The van der Waals surface area contributed by atoms with E-state index in [1.54, 1.807) is 26.0 Å². The van der Waals surface area contributed by atoms with Gasteiger partial charge in [0.15, 0.2) is 5.76 Å². The van der Waals surface area contributed by atoms with Gasteiger partial charge in [-0.05, 0) is 37.6 Å². The Morgan fingerprint density at radius 2 is 1.71 bits per heavy atom. The van der Waals surface area contributed by atoms with E-state index in [4.69, 9.17) is 4.42 Å². The number of rotatable bonds is 2. The van der Waals surface area contributed by atoms with Crippen LogP contribution >= 0.6 is 0 Å². The normalized spacial score (nSPS) is 10.6. The maximum atomic E-state index is 13.5. The number of para-hydroxylation sites is 1. The van der Waals surface area contributed by atoms with E-state index in [9.17, 15) is 14.0 Å². The summed E-state index contributed by atoms with van der Waals surface area (Å²) in [5.74, 6) is -1.56. The molecule has 0 aliphatic rings. The van der Waals surface area contributed by atoms with Crippen LogP contribution in [-0.2, 0) is 0 Å². The first-order valence-corrected chi connectivity index (χ1v) is 7.32. The fourth-order valence-electron chi connectivity index (χ4n) is 2.37. The van der Waals surface area contributed by atoms with Gasteiger partial charge in [-0.15, -0.1) is 0 Å². The first-order chi connectivity index (χ1) is 11.5. The summed E-state index contributed by atoms with van der Waals surface area (Å²) in [5, 5.41) is 0.828. The fourth-order valence-corrected chi connectivity index (χ4v) is 2.37. The van der Waals surface area contributed by atoms with Crippen molar-refractivity contribution in [3.63, 3.8) is 0 Å². The van der Waals surface area contributed by atoms with Gasteiger partial charge in [-0.2, -0.15) is 0 Å². The maximum Gasteiger partial charge on any atom is 0.305 e. The zero-order valence-corrected chi connectivity index (χ0v) is 13.1. The van der Waals surface area contributed by atoms with Crippen molar-refractivity contribution >= 4 is 22.8 Å². The standard InChI is InChI=1S/C18H15FN2O3/c1-10-7-8-12(9-14(10)19)17(22)20-21-18(23)16-11(2)13-5-3-4-6-15(13)24-16/h3-9H,1-2H3,(H,20,22)(H,21,23). The molecule has 0 aliphatic heterocycles. The molecule has 0 spiro atoms. The van der Waals surface area contributed by atoms with Gasteiger partial charge in [0, 0.05) is 16.5 Å². The van der Waals surface area contributed by atoms with E-state index in [0.29, 0.717) is 16.7 Å². The molecule has 0 fully saturated rings. The molecule has 0 saturated carbocycles. The molecular weight excluding hydrogens is 311 g/mol. The van der Waals surface area contributed by atoms with E-state index >= 15 is 0 Å². The Bertz CT molecular complexity index is 947. The lowest BCUT2D eigenvalue weighted by atomic mass is 10.1. The van der Waals surface area contributed by atoms with E-state index in [0.717, 1.165) is 11.5 Å². The lowest BCUT2D eigenvalue weighted by Gasteiger charge is -2.07. The van der Waals surface area contributed by atoms with Gasteiger partial charge in [0.1, 0.15) is 11.4 Å². The Balaban J connectivity index is 1.73. The molecular formula is C18H15FN2O3. The van der Waals surface area contributed by atoms with Crippen LogP contribution in [0, 0.1) is 19.7 Å². The molecule has 2 aromatic carbocycles. The highest BCUT2D eigenvalue weighted by Crippen LogP contribution is 2.24. The van der Waals surface area contributed by atoms with Crippen molar-refractivity contribution in [3.8, 4) is 0 Å². The second-order valence-corrected chi connectivity index (χ2v) is 5.42. The van der Waals surface area contributed by atoms with E-state index in [1.165, 1.54) is 12.1 Å². The molecule has 122 valence electrons. The number of fused-ring (bicyclic) bond motifs is 1. The maximum absolute atomic E-state index is 13.5. The average molecular weight is 326 g/mol. The van der Waals surface area contributed by atoms with Gasteiger partial charge in [0.25, 0.3) is 5.91 Å². The summed E-state index contributed by atoms with van der Waals surface area (Å²) in [4.78, 5) is 24.2. The Hall–Kier alpha value is -3.15. The van der Waals surface area contributed by atoms with Crippen LogP contribution in [0.15, 0.2) is 46.9 Å². The number of aryl methyl sites for hydroxylation is 2. The minimum atomic E-state index is -0.615. The van der Waals surface area contributed by atoms with Crippen molar-refractivity contribution in [2.24, 2.45) is 0 Å². The van der Waals surface area contributed by atoms with Crippen molar-refractivity contribution < 1.29 is 18.4 Å². The van der Waals surface area contributed by atoms with Gasteiger partial charge in [-0.3, -0.25) is 20.4 Å². The summed E-state index contributed by atoms with van der Waals surface area (Å²) in [6.45, 7) is 3.36. The molecule has 3 rings (SSSR count). The zero-order chi connectivity index (χ0) is 17.3. The number of carbonyl (C=O) groups excluding carboxylic acids is 2. The number of benzene rings is 2. The number of amides is 2. The van der Waals surface area contributed by atoms with Crippen LogP contribution in [-0.4, -0.2) is 11.8 Å². The molecule has 5 nitrogen and oxygen atoms in total. The molecule has 0 bridgehead atoms. The molecule has 0 saturated heterocycles. The van der Waals surface area contributed by atoms with E-state index in [1.807, 2.05) is 12.1 Å². The summed E-state index contributed by atoms with van der Waals surface area (Å²) >= 11 is 0. The summed E-state index contributed by atoms with van der Waals surface area (Å²) < 4.78 is 19.0. The van der Waals surface area contributed by atoms with Gasteiger partial charge >= 0.3 is 5.91 Å². The minimum Gasteiger partial charge on any atom is -0.451 e. The molecule has 3 aromatic rings. The molecule has 2 amide bonds. The Morgan fingerprint density at radius 3 is 2.42 bits per heavy atom. The van der Waals surface area contributed by atoms with Crippen molar-refractivity contribution in [2.75, 3.05) is 0 Å². The van der Waals surface area contributed by atoms with E-state index in [2.05, 4.69) is 10.9 Å². The van der Waals surface area contributed by atoms with Gasteiger partial charge < -0.3 is 4.42 Å². The number of hydrogen-bond acceptors (Lipinski definition) is 3. The van der Waals surface area contributed by atoms with Crippen molar-refractivity contribution in [1.29, 1.82) is 0 Å². The third kappa shape index (κ3) is 2.86. The van der Waals surface area contributed by atoms with Crippen LogP contribution in [0.2, 0.25) is 0 Å². The van der Waals surface area contributed by atoms with Crippen molar-refractivity contribution in [3.05, 3.63) is 70.7 Å². The van der Waals surface area contributed by atoms with Gasteiger partial charge in [0.2, 0.25) is 0 Å². The predicted molar refractivity (Wildman–Crippen MR) is 87.0 cm³/mol. The van der Waals surface area contributed by atoms with Gasteiger partial charge in [-0.1, -0.05) is 24.3 Å². The first kappa shape index (κ1) is 15.7. The monoisotopic (exact) mass is 326 g/mol. The molecule has 0 atom stereocenters. The minimum absolute atomic E-state index is 0.111. The molecule has 24 heavy (non-hydrogen) atoms. The van der Waals surface area contributed by atoms with Crippen LogP contribution in [0.5, 0.6) is 0 Å². The van der Waals surface area contributed by atoms with Crippen molar-refractivity contribution in [1.82, 2.24) is 10.9 Å². The topological polar surface area (TPSA) is 71.3 Å². The Labute approximate surface area is 137 Å². The average Bonchev–Trinajstić information content (AvgIpc) is 2.92. The highest BCUT2D eigenvalue weighted by molar-refractivity contribution is 6.01. The smallest absolute Gasteiger partial charge is 0.305 e. The summed E-state index contributed by atoms with van der Waals surface area (Å²) in [5.41, 5.74) is 6.35. The van der Waals surface area contributed by atoms with Crippen LogP contribution < -0.4 is 10.9 Å². The Kier molecular flexibility index (Phi) is 4.04. The lowest BCUT2D eigenvalue weighted by Crippen LogP contribution is -2.41. The Morgan fingerprint density at radius 1 is 1.00 bits per heavy atom. The summed E-state index contributed by atoms with van der Waals surface area (Å²) in [7, 11) is 0. The van der Waals surface area contributed by atoms with Crippen LogP contribution in [0.3, 0.4) is 0 Å². The number of hydrogen-bond donors (Lipinski definition) is 2. The number of hydrazine groups is 1. The van der Waals surface area contributed by atoms with Crippen LogP contribution in [0.1, 0.15) is 32.0 Å². The van der Waals surface area contributed by atoms with E-state index in [-0.39, 0.29) is 11.3 Å². The van der Waals surface area contributed by atoms with Crippen molar-refractivity contribution in [2.45, 2.75) is 13.8 Å². The third-order valence-electron chi connectivity index (χ3n) is 3.77. The highest BCUT2D eigenvalue weighted by Gasteiger charge is 2.18. The zero-order valence-electron chi connectivity index (χ0n) is 13.1. The third-order valence-corrected chi connectivity index (χ3v) is 3.77. The second-order valence-electron chi connectivity index (χ2n) is 5.42. The highest BCUT2D eigenvalue weighted by atomic mass is 19.1. The second kappa shape index (κ2) is 6.16. The fraction of sp³-hybridized carbons (Fsp3) is 0.111. The van der Waals surface area contributed by atoms with Crippen LogP contribution in [0.4, 0.5) is 4.39 Å². The van der Waals surface area contributed by atoms with E-state index < -0.39 is 17.6 Å². The van der Waals surface area contributed by atoms with Gasteiger partial charge in [0.05, 0.1) is 0 Å².